The maximum Gasteiger partial charge on any atom is 0.271 e. The molecule has 0 fully saturated rings. The highest BCUT2D eigenvalue weighted by atomic mass is 32.1. The fourth-order valence-corrected chi connectivity index (χ4v) is 6.23. The summed E-state index contributed by atoms with van der Waals surface area (Å²) in [6.45, 7) is 0. The molecule has 186 valence electrons. The van der Waals surface area contributed by atoms with Crippen molar-refractivity contribution < 1.29 is 14.2 Å². The first-order valence-corrected chi connectivity index (χ1v) is 12.9. The van der Waals surface area contributed by atoms with Crippen LogP contribution >= 0.6 is 11.3 Å². The van der Waals surface area contributed by atoms with Gasteiger partial charge in [-0.2, -0.15) is 0 Å². The highest BCUT2D eigenvalue weighted by Crippen LogP contribution is 2.42. The quantitative estimate of drug-likeness (QED) is 0.401. The van der Waals surface area contributed by atoms with E-state index in [0.29, 0.717) is 20.8 Å². The van der Waals surface area contributed by atoms with Gasteiger partial charge in [0.1, 0.15) is 5.75 Å². The van der Waals surface area contributed by atoms with Gasteiger partial charge in [-0.3, -0.25) is 9.36 Å². The molecule has 0 radical (unpaired) electrons. The molecule has 1 unspecified atom stereocenters. The largest absolute Gasteiger partial charge is 0.497 e. The zero-order chi connectivity index (χ0) is 25.5. The Bertz CT molecular complexity index is 1730. The maximum absolute atomic E-state index is 13.9. The highest BCUT2D eigenvalue weighted by Gasteiger charge is 2.33. The number of benzene rings is 3. The van der Waals surface area contributed by atoms with Crippen LogP contribution in [0.25, 0.3) is 11.8 Å². The van der Waals surface area contributed by atoms with Gasteiger partial charge in [-0.05, 0) is 65.4 Å². The molecule has 0 spiro atoms. The average Bonchev–Trinajstić information content (AvgIpc) is 3.25. The van der Waals surface area contributed by atoms with E-state index in [4.69, 9.17) is 19.2 Å². The van der Waals surface area contributed by atoms with Gasteiger partial charge >= 0.3 is 0 Å². The predicted molar refractivity (Wildman–Crippen MR) is 145 cm³/mol. The van der Waals surface area contributed by atoms with Gasteiger partial charge in [-0.1, -0.05) is 53.8 Å². The van der Waals surface area contributed by atoms with Crippen LogP contribution in [0.15, 0.2) is 82.1 Å². The van der Waals surface area contributed by atoms with Crippen molar-refractivity contribution in [2.75, 3.05) is 21.3 Å². The number of fused-ring (bicyclic) bond motifs is 3. The zero-order valence-electron chi connectivity index (χ0n) is 20.9. The van der Waals surface area contributed by atoms with E-state index in [1.165, 1.54) is 16.9 Å². The summed E-state index contributed by atoms with van der Waals surface area (Å²) in [4.78, 5) is 19.7. The van der Waals surface area contributed by atoms with Crippen LogP contribution in [0.3, 0.4) is 0 Å². The van der Waals surface area contributed by atoms with Gasteiger partial charge in [-0.15, -0.1) is 0 Å². The molecule has 3 aromatic carbocycles. The Morgan fingerprint density at radius 3 is 2.57 bits per heavy atom. The molecule has 0 saturated carbocycles. The van der Waals surface area contributed by atoms with Crippen molar-refractivity contribution in [3.8, 4) is 17.2 Å². The molecule has 1 aliphatic heterocycles. The topological polar surface area (TPSA) is 62.0 Å². The molecule has 1 aromatic heterocycles. The number of allylic oxidation sites excluding steroid dienone is 1. The van der Waals surface area contributed by atoms with Crippen molar-refractivity contribution in [3.63, 3.8) is 0 Å². The van der Waals surface area contributed by atoms with Crippen LogP contribution in [0.1, 0.15) is 34.7 Å². The van der Waals surface area contributed by atoms with Gasteiger partial charge < -0.3 is 14.2 Å². The number of thiazole rings is 1. The van der Waals surface area contributed by atoms with Crippen molar-refractivity contribution in [1.82, 2.24) is 4.57 Å². The van der Waals surface area contributed by atoms with Crippen LogP contribution in [-0.4, -0.2) is 25.9 Å². The standard InChI is InChI=1S/C30H26N2O4S/c1-34-21-9-6-7-18(15-21)16-26-29(33)32-28(20-12-14-24(35-2)25(17-20)36-3)23-13-11-19-8-4-5-10-22(19)27(23)31-30(32)37-26/h4-10,12,14-17,28H,11,13H2,1-3H3. The maximum atomic E-state index is 13.9. The van der Waals surface area contributed by atoms with Gasteiger partial charge in [0.05, 0.1) is 37.6 Å². The molecular formula is C30H26N2O4S. The van der Waals surface area contributed by atoms with Gasteiger partial charge in [0.2, 0.25) is 0 Å². The lowest BCUT2D eigenvalue weighted by atomic mass is 9.83. The molecule has 2 heterocycles. The number of ether oxygens (including phenoxy) is 3. The number of hydrogen-bond donors (Lipinski definition) is 0. The first kappa shape index (κ1) is 23.3. The molecule has 0 saturated heterocycles. The second-order valence-corrected chi connectivity index (χ2v) is 10.0. The number of nitrogens with zero attached hydrogens (tertiary/aromatic N) is 2. The summed E-state index contributed by atoms with van der Waals surface area (Å²) < 4.78 is 18.9. The number of rotatable bonds is 5. The van der Waals surface area contributed by atoms with Gasteiger partial charge in [0.15, 0.2) is 16.3 Å². The van der Waals surface area contributed by atoms with Crippen LogP contribution in [0.4, 0.5) is 0 Å². The summed E-state index contributed by atoms with van der Waals surface area (Å²) in [5, 5.41) is 0. The fourth-order valence-electron chi connectivity index (χ4n) is 5.23. The summed E-state index contributed by atoms with van der Waals surface area (Å²) in [6.07, 6.45) is 3.64. The van der Waals surface area contributed by atoms with E-state index in [1.54, 1.807) is 21.3 Å². The van der Waals surface area contributed by atoms with E-state index in [9.17, 15) is 4.79 Å². The molecule has 2 aliphatic rings. The molecule has 1 aliphatic carbocycles. The molecule has 4 aromatic rings. The smallest absolute Gasteiger partial charge is 0.271 e. The summed E-state index contributed by atoms with van der Waals surface area (Å²) in [6, 6.07) is 21.7. The van der Waals surface area contributed by atoms with Gasteiger partial charge in [0, 0.05) is 5.56 Å². The van der Waals surface area contributed by atoms with Crippen molar-refractivity contribution in [2.24, 2.45) is 4.99 Å². The number of aryl methyl sites for hydroxylation is 1. The molecule has 37 heavy (non-hydrogen) atoms. The van der Waals surface area contributed by atoms with E-state index >= 15 is 0 Å². The summed E-state index contributed by atoms with van der Waals surface area (Å²) in [5.74, 6) is 2.03. The van der Waals surface area contributed by atoms with Crippen LogP contribution in [0.5, 0.6) is 17.2 Å². The van der Waals surface area contributed by atoms with Crippen molar-refractivity contribution in [2.45, 2.75) is 18.9 Å². The van der Waals surface area contributed by atoms with Crippen molar-refractivity contribution in [3.05, 3.63) is 114 Å². The predicted octanol–water partition coefficient (Wildman–Crippen LogP) is 4.34. The van der Waals surface area contributed by atoms with E-state index in [0.717, 1.165) is 46.6 Å². The van der Waals surface area contributed by atoms with Crippen molar-refractivity contribution in [1.29, 1.82) is 0 Å². The Labute approximate surface area is 218 Å². The molecule has 7 heteroatoms. The zero-order valence-corrected chi connectivity index (χ0v) is 21.7. The van der Waals surface area contributed by atoms with E-state index in [-0.39, 0.29) is 11.6 Å². The average molecular weight is 511 g/mol. The van der Waals surface area contributed by atoms with E-state index in [2.05, 4.69) is 18.2 Å². The highest BCUT2D eigenvalue weighted by molar-refractivity contribution is 7.07. The minimum atomic E-state index is -0.285. The van der Waals surface area contributed by atoms with Crippen LogP contribution in [-0.2, 0) is 6.42 Å². The van der Waals surface area contributed by atoms with E-state index in [1.807, 2.05) is 59.2 Å². The lowest BCUT2D eigenvalue weighted by Gasteiger charge is -2.31. The summed E-state index contributed by atoms with van der Waals surface area (Å²) in [5.41, 5.74) is 6.35. The number of aromatic nitrogens is 1. The van der Waals surface area contributed by atoms with E-state index < -0.39 is 0 Å². The minimum absolute atomic E-state index is 0.0586. The SMILES string of the molecule is COc1cccc(C=c2sc3n(c2=O)C(c2ccc(OC)c(OC)c2)C2=C(N=3)c3ccccc3CC2)c1. The lowest BCUT2D eigenvalue weighted by Crippen LogP contribution is -2.38. The summed E-state index contributed by atoms with van der Waals surface area (Å²) >= 11 is 1.41. The normalized spacial score (nSPS) is 16.4. The Kier molecular flexibility index (Phi) is 5.93. The van der Waals surface area contributed by atoms with Crippen LogP contribution in [0.2, 0.25) is 0 Å². The summed E-state index contributed by atoms with van der Waals surface area (Å²) in [7, 11) is 4.89. The number of hydrogen-bond acceptors (Lipinski definition) is 6. The Morgan fingerprint density at radius 2 is 1.76 bits per heavy atom. The van der Waals surface area contributed by atoms with Crippen LogP contribution < -0.4 is 29.1 Å². The first-order chi connectivity index (χ1) is 18.1. The third-order valence-corrected chi connectivity index (χ3v) is 7.97. The molecule has 6 nitrogen and oxygen atoms in total. The minimum Gasteiger partial charge on any atom is -0.497 e. The van der Waals surface area contributed by atoms with Crippen molar-refractivity contribution >= 4 is 23.1 Å². The Morgan fingerprint density at radius 1 is 0.919 bits per heavy atom. The fraction of sp³-hybridized carbons (Fsp3) is 0.200. The first-order valence-electron chi connectivity index (χ1n) is 12.1. The monoisotopic (exact) mass is 510 g/mol. The molecule has 6 rings (SSSR count). The lowest BCUT2D eigenvalue weighted by molar-refractivity contribution is 0.354. The third-order valence-electron chi connectivity index (χ3n) is 6.99. The molecule has 0 bridgehead atoms. The molecular weight excluding hydrogens is 484 g/mol. The van der Waals surface area contributed by atoms with Gasteiger partial charge in [0.25, 0.3) is 5.56 Å². The van der Waals surface area contributed by atoms with Crippen LogP contribution in [0, 0.1) is 0 Å². The Balaban J connectivity index is 1.61. The van der Waals surface area contributed by atoms with Gasteiger partial charge in [-0.25, -0.2) is 4.99 Å². The molecule has 1 atom stereocenters. The molecule has 0 amide bonds. The number of methoxy groups -OCH3 is 3. The third kappa shape index (κ3) is 3.96. The Hall–Kier alpha value is -4.10. The second kappa shape index (κ2) is 9.41. The molecule has 0 N–H and O–H groups in total. The second-order valence-electron chi connectivity index (χ2n) is 9.00.